The first-order chi connectivity index (χ1) is 31.8. The lowest BCUT2D eigenvalue weighted by atomic mass is 9.99. The van der Waals surface area contributed by atoms with E-state index in [1.807, 2.05) is 0 Å². The number of esters is 3. The minimum atomic E-state index is -0.763. The van der Waals surface area contributed by atoms with Crippen LogP contribution in [0.25, 0.3) is 0 Å². The van der Waals surface area contributed by atoms with Crippen molar-refractivity contribution >= 4 is 17.9 Å². The van der Waals surface area contributed by atoms with E-state index < -0.39 is 6.10 Å². The Kier molecular flexibility index (Phi) is 50.5. The first-order valence-electron chi connectivity index (χ1n) is 29.3. The van der Waals surface area contributed by atoms with Gasteiger partial charge in [0.15, 0.2) is 6.10 Å². The van der Waals surface area contributed by atoms with Gasteiger partial charge in [-0.3, -0.25) is 14.4 Å². The van der Waals surface area contributed by atoms with Crippen LogP contribution >= 0.6 is 0 Å². The highest BCUT2D eigenvalue weighted by Crippen LogP contribution is 2.19. The summed E-state index contributed by atoms with van der Waals surface area (Å²) in [7, 11) is 0. The average molecular weight is 920 g/mol. The van der Waals surface area contributed by atoms with E-state index in [4.69, 9.17) is 14.2 Å². The molecule has 0 aromatic rings. The summed E-state index contributed by atoms with van der Waals surface area (Å²) in [5, 5.41) is 0. The van der Waals surface area contributed by atoms with Crippen molar-refractivity contribution < 1.29 is 28.6 Å². The molecule has 6 heteroatoms. The maximum atomic E-state index is 12.8. The molecular weight excluding hydrogens is 805 g/mol. The molecule has 0 aromatic carbocycles. The molecule has 0 aliphatic rings. The van der Waals surface area contributed by atoms with Gasteiger partial charge in [-0.1, -0.05) is 291 Å². The Labute approximate surface area is 406 Å². The average Bonchev–Trinajstić information content (AvgIpc) is 3.29. The molecule has 0 aliphatic heterocycles. The Morgan fingerprint density at radius 3 is 0.877 bits per heavy atom. The van der Waals surface area contributed by atoms with Gasteiger partial charge >= 0.3 is 17.9 Å². The van der Waals surface area contributed by atoms with Crippen molar-refractivity contribution in [3.63, 3.8) is 0 Å². The van der Waals surface area contributed by atoms with Crippen LogP contribution < -0.4 is 0 Å². The summed E-state index contributed by atoms with van der Waals surface area (Å²) in [6.45, 7) is 11.4. The second-order valence-electron chi connectivity index (χ2n) is 21.0. The first-order valence-corrected chi connectivity index (χ1v) is 29.3. The molecule has 0 aromatic heterocycles. The molecule has 2 atom stereocenters. The molecule has 0 heterocycles. The van der Waals surface area contributed by atoms with E-state index in [2.05, 4.69) is 34.6 Å². The van der Waals surface area contributed by atoms with Crippen LogP contribution in [0, 0.1) is 11.8 Å². The van der Waals surface area contributed by atoms with Gasteiger partial charge in [0.2, 0.25) is 0 Å². The van der Waals surface area contributed by atoms with E-state index in [-0.39, 0.29) is 31.1 Å². The van der Waals surface area contributed by atoms with E-state index in [0.717, 1.165) is 69.6 Å². The van der Waals surface area contributed by atoms with Crippen molar-refractivity contribution in [3.05, 3.63) is 0 Å². The molecular formula is C59H114O6. The van der Waals surface area contributed by atoms with Crippen LogP contribution in [-0.2, 0) is 28.6 Å². The fourth-order valence-electron chi connectivity index (χ4n) is 9.02. The summed E-state index contributed by atoms with van der Waals surface area (Å²) in [5.74, 6) is 0.880. The van der Waals surface area contributed by atoms with Gasteiger partial charge in [-0.25, -0.2) is 0 Å². The molecule has 0 amide bonds. The fraction of sp³-hybridized carbons (Fsp3) is 0.949. The largest absolute Gasteiger partial charge is 0.462 e. The van der Waals surface area contributed by atoms with Crippen LogP contribution in [0.15, 0.2) is 0 Å². The van der Waals surface area contributed by atoms with Crippen molar-refractivity contribution in [3.8, 4) is 0 Å². The van der Waals surface area contributed by atoms with Gasteiger partial charge in [-0.2, -0.15) is 0 Å². The van der Waals surface area contributed by atoms with Crippen LogP contribution in [-0.4, -0.2) is 37.2 Å². The second kappa shape index (κ2) is 51.8. The van der Waals surface area contributed by atoms with E-state index in [9.17, 15) is 14.4 Å². The number of carbonyl (C=O) groups is 3. The second-order valence-corrected chi connectivity index (χ2v) is 21.0. The third-order valence-corrected chi connectivity index (χ3v) is 13.8. The Bertz CT molecular complexity index is 995. The van der Waals surface area contributed by atoms with E-state index in [1.54, 1.807) is 0 Å². The molecule has 0 saturated carbocycles. The van der Waals surface area contributed by atoms with Crippen molar-refractivity contribution in [2.24, 2.45) is 11.8 Å². The van der Waals surface area contributed by atoms with Gasteiger partial charge in [0.05, 0.1) is 0 Å². The fourth-order valence-corrected chi connectivity index (χ4v) is 9.02. The van der Waals surface area contributed by atoms with Gasteiger partial charge in [0.1, 0.15) is 13.2 Å². The molecule has 386 valence electrons. The van der Waals surface area contributed by atoms with Crippen LogP contribution in [0.4, 0.5) is 0 Å². The number of rotatable bonds is 53. The van der Waals surface area contributed by atoms with Crippen LogP contribution in [0.5, 0.6) is 0 Å². The monoisotopic (exact) mass is 919 g/mol. The van der Waals surface area contributed by atoms with Crippen LogP contribution in [0.1, 0.15) is 330 Å². The van der Waals surface area contributed by atoms with Gasteiger partial charge in [0.25, 0.3) is 0 Å². The van der Waals surface area contributed by atoms with Gasteiger partial charge < -0.3 is 14.2 Å². The van der Waals surface area contributed by atoms with E-state index in [1.165, 1.54) is 218 Å². The zero-order valence-electron chi connectivity index (χ0n) is 44.6. The summed E-state index contributed by atoms with van der Waals surface area (Å²) in [6, 6.07) is 0. The first kappa shape index (κ1) is 63.4. The zero-order chi connectivity index (χ0) is 47.5. The van der Waals surface area contributed by atoms with Gasteiger partial charge in [-0.05, 0) is 31.1 Å². The minimum absolute atomic E-state index is 0.0626. The number of hydrogen-bond donors (Lipinski definition) is 0. The quantitative estimate of drug-likeness (QED) is 0.0344. The molecule has 1 unspecified atom stereocenters. The molecule has 0 saturated heterocycles. The summed E-state index contributed by atoms with van der Waals surface area (Å²) < 4.78 is 16.9. The van der Waals surface area contributed by atoms with Crippen LogP contribution in [0.3, 0.4) is 0 Å². The van der Waals surface area contributed by atoms with Gasteiger partial charge in [-0.15, -0.1) is 0 Å². The smallest absolute Gasteiger partial charge is 0.306 e. The molecule has 0 N–H and O–H groups in total. The van der Waals surface area contributed by atoms with E-state index in [0.29, 0.717) is 19.3 Å². The molecule has 6 nitrogen and oxygen atoms in total. The summed E-state index contributed by atoms with van der Waals surface area (Å²) in [5.41, 5.74) is 0. The predicted octanol–water partition coefficient (Wildman–Crippen LogP) is 19.3. The zero-order valence-corrected chi connectivity index (χ0v) is 44.6. The SMILES string of the molecule is CCCCCCCCCCCCCCCCCC(=O)O[C@@H](COC(=O)CCCCCCCCCCCCCCCCCC(C)C)COC(=O)CCCCCCCCCCCCC(C)CC. The van der Waals surface area contributed by atoms with Crippen molar-refractivity contribution in [2.75, 3.05) is 13.2 Å². The molecule has 0 spiro atoms. The summed E-state index contributed by atoms with van der Waals surface area (Å²) in [6.07, 6.45) is 55.1. The lowest BCUT2D eigenvalue weighted by molar-refractivity contribution is -0.167. The maximum absolute atomic E-state index is 12.8. The normalized spacial score (nSPS) is 12.5. The van der Waals surface area contributed by atoms with E-state index >= 15 is 0 Å². The molecule has 0 fully saturated rings. The van der Waals surface area contributed by atoms with Crippen molar-refractivity contribution in [1.82, 2.24) is 0 Å². The molecule has 0 rings (SSSR count). The van der Waals surface area contributed by atoms with Crippen molar-refractivity contribution in [1.29, 1.82) is 0 Å². The Morgan fingerprint density at radius 2 is 0.585 bits per heavy atom. The highest BCUT2D eigenvalue weighted by atomic mass is 16.6. The number of unbranched alkanes of at least 4 members (excludes halogenated alkanes) is 37. The Morgan fingerprint density at radius 1 is 0.323 bits per heavy atom. The van der Waals surface area contributed by atoms with Crippen molar-refractivity contribution in [2.45, 2.75) is 336 Å². The number of carbonyl (C=O) groups excluding carboxylic acids is 3. The third-order valence-electron chi connectivity index (χ3n) is 13.8. The third kappa shape index (κ3) is 51.6. The summed E-state index contributed by atoms with van der Waals surface area (Å²) >= 11 is 0. The lowest BCUT2D eigenvalue weighted by Gasteiger charge is -2.18. The molecule has 0 bridgehead atoms. The lowest BCUT2D eigenvalue weighted by Crippen LogP contribution is -2.30. The van der Waals surface area contributed by atoms with Gasteiger partial charge in [0, 0.05) is 19.3 Å². The predicted molar refractivity (Wildman–Crippen MR) is 280 cm³/mol. The Balaban J connectivity index is 4.30. The minimum Gasteiger partial charge on any atom is -0.462 e. The Hall–Kier alpha value is -1.59. The number of hydrogen-bond acceptors (Lipinski definition) is 6. The topological polar surface area (TPSA) is 78.9 Å². The molecule has 65 heavy (non-hydrogen) atoms. The standard InChI is InChI=1S/C59H114O6/c1-6-8-9-10-11-12-13-14-16-21-24-31-36-41-46-51-59(62)65-56(53-64-58(61)50-45-40-35-30-26-25-28-33-38-43-48-55(5)7-2)52-63-57(60)49-44-39-34-29-23-20-18-15-17-19-22-27-32-37-42-47-54(3)4/h54-56H,6-53H2,1-5H3/t55?,56-/m0/s1. The number of ether oxygens (including phenoxy) is 3. The highest BCUT2D eigenvalue weighted by Gasteiger charge is 2.19. The maximum Gasteiger partial charge on any atom is 0.306 e. The molecule has 0 radical (unpaired) electrons. The summed E-state index contributed by atoms with van der Waals surface area (Å²) in [4.78, 5) is 38.2. The molecule has 0 aliphatic carbocycles. The highest BCUT2D eigenvalue weighted by molar-refractivity contribution is 5.71. The van der Waals surface area contributed by atoms with Crippen LogP contribution in [0.2, 0.25) is 0 Å².